The molecule has 25 heavy (non-hydrogen) atoms. The fourth-order valence-electron chi connectivity index (χ4n) is 2.13. The highest BCUT2D eigenvalue weighted by atomic mass is 79.9. The van der Waals surface area contributed by atoms with E-state index < -0.39 is 15.8 Å². The van der Waals surface area contributed by atoms with E-state index in [1.54, 1.807) is 12.1 Å². The summed E-state index contributed by atoms with van der Waals surface area (Å²) in [4.78, 5) is 11.9. The molecule has 0 aliphatic heterocycles. The van der Waals surface area contributed by atoms with Gasteiger partial charge in [-0.25, -0.2) is 17.1 Å². The second-order valence-electron chi connectivity index (χ2n) is 5.44. The molecule has 0 spiro atoms. The maximum atomic E-state index is 12.9. The van der Waals surface area contributed by atoms with Crippen molar-refractivity contribution >= 4 is 37.5 Å². The summed E-state index contributed by atoms with van der Waals surface area (Å²) in [6.45, 7) is 0.188. The summed E-state index contributed by atoms with van der Waals surface area (Å²) in [6, 6.07) is 11.8. The Morgan fingerprint density at radius 2 is 1.72 bits per heavy atom. The molecule has 0 bridgehead atoms. The molecule has 2 aromatic carbocycles. The number of rotatable bonds is 7. The zero-order valence-electron chi connectivity index (χ0n) is 13.6. The molecule has 0 aliphatic rings. The Balaban J connectivity index is 1.84. The summed E-state index contributed by atoms with van der Waals surface area (Å²) in [5, 5.41) is 2.75. The number of nitrogens with zero attached hydrogens (tertiary/aromatic N) is 1. The van der Waals surface area contributed by atoms with Gasteiger partial charge in [-0.05, 0) is 55.0 Å². The molecule has 0 aromatic heterocycles. The van der Waals surface area contributed by atoms with Crippen molar-refractivity contribution in [2.45, 2.75) is 17.7 Å². The Morgan fingerprint density at radius 1 is 1.12 bits per heavy atom. The highest BCUT2D eigenvalue weighted by molar-refractivity contribution is 9.10. The van der Waals surface area contributed by atoms with Crippen LogP contribution >= 0.6 is 15.9 Å². The SMILES string of the molecule is CN(CCCC(=O)Nc1ccc(Br)cc1)S(=O)(=O)c1ccc(F)cc1. The fraction of sp³-hybridized carbons (Fsp3) is 0.235. The standard InChI is InChI=1S/C17H18BrFN2O3S/c1-21(25(23,24)16-10-6-14(19)7-11-16)12-2-3-17(22)20-15-8-4-13(18)5-9-15/h4-11H,2-3,12H2,1H3,(H,20,22). The molecule has 0 saturated carbocycles. The van der Waals surface area contributed by atoms with E-state index in [1.807, 2.05) is 12.1 Å². The van der Waals surface area contributed by atoms with Crippen LogP contribution in [0.25, 0.3) is 0 Å². The normalized spacial score (nSPS) is 11.5. The van der Waals surface area contributed by atoms with Gasteiger partial charge in [-0.15, -0.1) is 0 Å². The summed E-state index contributed by atoms with van der Waals surface area (Å²) in [5.41, 5.74) is 0.681. The molecule has 2 rings (SSSR count). The van der Waals surface area contributed by atoms with E-state index in [0.717, 1.165) is 20.9 Å². The first-order valence-corrected chi connectivity index (χ1v) is 9.79. The molecule has 0 atom stereocenters. The van der Waals surface area contributed by atoms with E-state index in [4.69, 9.17) is 0 Å². The lowest BCUT2D eigenvalue weighted by molar-refractivity contribution is -0.116. The Hall–Kier alpha value is -1.77. The number of nitrogens with one attached hydrogen (secondary N) is 1. The van der Waals surface area contributed by atoms with Crippen LogP contribution in [-0.2, 0) is 14.8 Å². The Morgan fingerprint density at radius 3 is 2.32 bits per heavy atom. The van der Waals surface area contributed by atoms with Gasteiger partial charge in [-0.2, -0.15) is 0 Å². The van der Waals surface area contributed by atoms with Crippen LogP contribution in [0.4, 0.5) is 10.1 Å². The van der Waals surface area contributed by atoms with E-state index in [1.165, 1.54) is 19.2 Å². The van der Waals surface area contributed by atoms with Crippen molar-refractivity contribution in [2.75, 3.05) is 18.9 Å². The van der Waals surface area contributed by atoms with Gasteiger partial charge in [0, 0.05) is 30.2 Å². The Kier molecular flexibility index (Phi) is 6.69. The molecule has 0 unspecified atom stereocenters. The van der Waals surface area contributed by atoms with Crippen LogP contribution < -0.4 is 5.32 Å². The summed E-state index contributed by atoms with van der Waals surface area (Å²) >= 11 is 3.32. The predicted octanol–water partition coefficient (Wildman–Crippen LogP) is 3.63. The number of hydrogen-bond donors (Lipinski definition) is 1. The second kappa shape index (κ2) is 8.55. The first kappa shape index (κ1) is 19.6. The lowest BCUT2D eigenvalue weighted by atomic mass is 10.2. The quantitative estimate of drug-likeness (QED) is 0.731. The number of hydrogen-bond acceptors (Lipinski definition) is 3. The van der Waals surface area contributed by atoms with E-state index in [-0.39, 0.29) is 23.8 Å². The predicted molar refractivity (Wildman–Crippen MR) is 98.2 cm³/mol. The van der Waals surface area contributed by atoms with Crippen molar-refractivity contribution in [1.29, 1.82) is 0 Å². The minimum absolute atomic E-state index is 0.0238. The molecule has 1 N–H and O–H groups in total. The molecule has 0 heterocycles. The third-order valence-electron chi connectivity index (χ3n) is 3.53. The van der Waals surface area contributed by atoms with Crippen LogP contribution in [-0.4, -0.2) is 32.2 Å². The van der Waals surface area contributed by atoms with Gasteiger partial charge in [-0.3, -0.25) is 4.79 Å². The van der Waals surface area contributed by atoms with Gasteiger partial charge in [0.15, 0.2) is 0 Å². The molecule has 8 heteroatoms. The van der Waals surface area contributed by atoms with Crippen LogP contribution in [0.1, 0.15) is 12.8 Å². The van der Waals surface area contributed by atoms with Crippen molar-refractivity contribution in [3.63, 3.8) is 0 Å². The average molecular weight is 429 g/mol. The largest absolute Gasteiger partial charge is 0.326 e. The van der Waals surface area contributed by atoms with Gasteiger partial charge < -0.3 is 5.32 Å². The number of amides is 1. The second-order valence-corrected chi connectivity index (χ2v) is 8.40. The molecule has 1 amide bonds. The van der Waals surface area contributed by atoms with Gasteiger partial charge in [0.05, 0.1) is 4.90 Å². The number of carbonyl (C=O) groups is 1. The van der Waals surface area contributed by atoms with Crippen molar-refractivity contribution in [3.05, 3.63) is 58.8 Å². The van der Waals surface area contributed by atoms with Gasteiger partial charge in [0.2, 0.25) is 15.9 Å². The maximum absolute atomic E-state index is 12.9. The van der Waals surface area contributed by atoms with Crippen molar-refractivity contribution in [3.8, 4) is 0 Å². The van der Waals surface area contributed by atoms with Gasteiger partial charge in [0.1, 0.15) is 5.82 Å². The maximum Gasteiger partial charge on any atom is 0.242 e. The molecule has 2 aromatic rings. The van der Waals surface area contributed by atoms with Gasteiger partial charge >= 0.3 is 0 Å². The lowest BCUT2D eigenvalue weighted by Gasteiger charge is -2.17. The van der Waals surface area contributed by atoms with Crippen LogP contribution in [0.3, 0.4) is 0 Å². The van der Waals surface area contributed by atoms with Gasteiger partial charge in [0.25, 0.3) is 0 Å². The van der Waals surface area contributed by atoms with Crippen LogP contribution in [0.15, 0.2) is 57.9 Å². The topological polar surface area (TPSA) is 66.5 Å². The lowest BCUT2D eigenvalue weighted by Crippen LogP contribution is -2.28. The smallest absolute Gasteiger partial charge is 0.242 e. The Bertz CT molecular complexity index is 824. The van der Waals surface area contributed by atoms with Gasteiger partial charge in [-0.1, -0.05) is 15.9 Å². The van der Waals surface area contributed by atoms with Crippen LogP contribution in [0, 0.1) is 5.82 Å². The fourth-order valence-corrected chi connectivity index (χ4v) is 3.60. The Labute approximate surface area is 155 Å². The highest BCUT2D eigenvalue weighted by Crippen LogP contribution is 2.16. The molecule has 5 nitrogen and oxygen atoms in total. The molecule has 0 aliphatic carbocycles. The highest BCUT2D eigenvalue weighted by Gasteiger charge is 2.20. The molecule has 0 fully saturated rings. The van der Waals surface area contributed by atoms with Crippen LogP contribution in [0.2, 0.25) is 0 Å². The summed E-state index contributed by atoms with van der Waals surface area (Å²) in [6.07, 6.45) is 0.568. The zero-order valence-corrected chi connectivity index (χ0v) is 16.0. The average Bonchev–Trinajstić information content (AvgIpc) is 2.57. The first-order chi connectivity index (χ1) is 11.8. The molecule has 134 valence electrons. The van der Waals surface area contributed by atoms with E-state index >= 15 is 0 Å². The van der Waals surface area contributed by atoms with Crippen molar-refractivity contribution in [2.24, 2.45) is 0 Å². The summed E-state index contributed by atoms with van der Waals surface area (Å²) < 4.78 is 39.7. The molecule has 0 saturated heterocycles. The number of anilines is 1. The zero-order chi connectivity index (χ0) is 18.4. The van der Waals surface area contributed by atoms with E-state index in [0.29, 0.717) is 12.1 Å². The van der Waals surface area contributed by atoms with Crippen molar-refractivity contribution < 1.29 is 17.6 Å². The number of sulfonamides is 1. The summed E-state index contributed by atoms with van der Waals surface area (Å²) in [7, 11) is -2.25. The van der Waals surface area contributed by atoms with Crippen molar-refractivity contribution in [1.82, 2.24) is 4.31 Å². The minimum Gasteiger partial charge on any atom is -0.326 e. The number of carbonyl (C=O) groups excluding carboxylic acids is 1. The summed E-state index contributed by atoms with van der Waals surface area (Å²) in [5.74, 6) is -0.680. The number of halogens is 2. The monoisotopic (exact) mass is 428 g/mol. The van der Waals surface area contributed by atoms with E-state index in [9.17, 15) is 17.6 Å². The molecule has 0 radical (unpaired) electrons. The molecular weight excluding hydrogens is 411 g/mol. The van der Waals surface area contributed by atoms with Crippen LogP contribution in [0.5, 0.6) is 0 Å². The molecular formula is C17H18BrFN2O3S. The third kappa shape index (κ3) is 5.62. The third-order valence-corrected chi connectivity index (χ3v) is 5.93. The number of benzene rings is 2. The first-order valence-electron chi connectivity index (χ1n) is 7.56. The minimum atomic E-state index is -3.69. The van der Waals surface area contributed by atoms with E-state index in [2.05, 4.69) is 21.2 Å².